The van der Waals surface area contributed by atoms with Crippen LogP contribution in [0.15, 0.2) is 18.2 Å². The summed E-state index contributed by atoms with van der Waals surface area (Å²) in [5.74, 6) is -2.84. The summed E-state index contributed by atoms with van der Waals surface area (Å²) in [5.41, 5.74) is 6.17. The number of anilines is 1. The first-order chi connectivity index (χ1) is 14.1. The van der Waals surface area contributed by atoms with E-state index < -0.39 is 48.2 Å². The molecule has 11 heteroatoms. The van der Waals surface area contributed by atoms with E-state index in [4.69, 9.17) is 22.4 Å². The summed E-state index contributed by atoms with van der Waals surface area (Å²) in [6.45, 7) is 1.79. The van der Waals surface area contributed by atoms with Crippen molar-refractivity contribution in [1.29, 1.82) is 0 Å². The molecule has 5 N–H and O–H groups in total. The highest BCUT2D eigenvalue weighted by atomic mass is 35.5. The standard InChI is InChI=1S/C19H23ClN4O6/c1-10(22-17(28)11-4-5-14(21)13(20)7-11)19(30)24-6-2-3-15(24)18(29)23-12(9-25)8-16(26)27/h4-5,7,9-10,12,15H,2-3,6,8,21H2,1H3,(H,22,28)(H,23,29)(H,26,27)/t10-,12?,15+/m0/s1. The van der Waals surface area contributed by atoms with Crippen LogP contribution >= 0.6 is 11.6 Å². The summed E-state index contributed by atoms with van der Waals surface area (Å²) in [6, 6.07) is 1.38. The Bertz CT molecular complexity index is 861. The number of carbonyl (C=O) groups excluding carboxylic acids is 4. The number of nitrogens with one attached hydrogen (secondary N) is 2. The van der Waals surface area contributed by atoms with Gasteiger partial charge in [-0.1, -0.05) is 11.6 Å². The Hall–Kier alpha value is -3.14. The molecule has 0 spiro atoms. The monoisotopic (exact) mass is 438 g/mol. The van der Waals surface area contributed by atoms with Gasteiger partial charge in [-0.05, 0) is 38.0 Å². The maximum absolute atomic E-state index is 12.8. The molecule has 3 atom stereocenters. The normalized spacial score (nSPS) is 17.7. The predicted molar refractivity (Wildman–Crippen MR) is 108 cm³/mol. The molecular weight excluding hydrogens is 416 g/mol. The number of aliphatic carboxylic acids is 1. The average molecular weight is 439 g/mol. The highest BCUT2D eigenvalue weighted by Crippen LogP contribution is 2.21. The Morgan fingerprint density at radius 1 is 1.33 bits per heavy atom. The topological polar surface area (TPSA) is 159 Å². The van der Waals surface area contributed by atoms with E-state index >= 15 is 0 Å². The minimum atomic E-state index is -1.23. The minimum absolute atomic E-state index is 0.212. The summed E-state index contributed by atoms with van der Waals surface area (Å²) in [7, 11) is 0. The summed E-state index contributed by atoms with van der Waals surface area (Å²) < 4.78 is 0. The van der Waals surface area contributed by atoms with Crippen LogP contribution in [0.1, 0.15) is 36.5 Å². The molecule has 3 amide bonds. The second-order valence-corrected chi connectivity index (χ2v) is 7.38. The lowest BCUT2D eigenvalue weighted by Gasteiger charge is -2.27. The van der Waals surface area contributed by atoms with Crippen LogP contribution in [0.4, 0.5) is 5.69 Å². The van der Waals surface area contributed by atoms with Gasteiger partial charge in [0.15, 0.2) is 0 Å². The molecule has 1 aliphatic heterocycles. The zero-order chi connectivity index (χ0) is 22.4. The van der Waals surface area contributed by atoms with Crippen molar-refractivity contribution in [3.05, 3.63) is 28.8 Å². The SMILES string of the molecule is C[C@H](NC(=O)c1ccc(N)c(Cl)c1)C(=O)N1CCC[C@@H]1C(=O)NC(C=O)CC(=O)O. The second-order valence-electron chi connectivity index (χ2n) is 6.97. The number of likely N-dealkylation sites (tertiary alicyclic amines) is 1. The van der Waals surface area contributed by atoms with E-state index in [1.165, 1.54) is 30.0 Å². The summed E-state index contributed by atoms with van der Waals surface area (Å²) in [5, 5.41) is 13.9. The lowest BCUT2D eigenvalue weighted by Crippen LogP contribution is -2.54. The van der Waals surface area contributed by atoms with Crippen molar-refractivity contribution in [2.75, 3.05) is 12.3 Å². The number of rotatable bonds is 8. The van der Waals surface area contributed by atoms with Crippen LogP contribution < -0.4 is 16.4 Å². The van der Waals surface area contributed by atoms with Gasteiger partial charge in [0.2, 0.25) is 11.8 Å². The molecule has 0 aliphatic carbocycles. The smallest absolute Gasteiger partial charge is 0.305 e. The van der Waals surface area contributed by atoms with Gasteiger partial charge in [-0.25, -0.2) is 0 Å². The molecule has 0 radical (unpaired) electrons. The molecule has 10 nitrogen and oxygen atoms in total. The van der Waals surface area contributed by atoms with Crippen LogP contribution in [0.5, 0.6) is 0 Å². The third-order valence-corrected chi connectivity index (χ3v) is 5.03. The predicted octanol–water partition coefficient (Wildman–Crippen LogP) is 0.190. The number of halogens is 1. The third kappa shape index (κ3) is 5.69. The van der Waals surface area contributed by atoms with Gasteiger partial charge in [-0.2, -0.15) is 0 Å². The van der Waals surface area contributed by atoms with Gasteiger partial charge in [-0.15, -0.1) is 0 Å². The first kappa shape index (κ1) is 23.1. The zero-order valence-electron chi connectivity index (χ0n) is 16.3. The van der Waals surface area contributed by atoms with Crippen molar-refractivity contribution >= 4 is 47.3 Å². The van der Waals surface area contributed by atoms with E-state index in [1.54, 1.807) is 0 Å². The number of hydrogen-bond acceptors (Lipinski definition) is 6. The van der Waals surface area contributed by atoms with Crippen molar-refractivity contribution in [3.8, 4) is 0 Å². The van der Waals surface area contributed by atoms with Gasteiger partial charge in [0.1, 0.15) is 18.4 Å². The molecule has 2 rings (SSSR count). The minimum Gasteiger partial charge on any atom is -0.481 e. The molecule has 1 saturated heterocycles. The molecule has 0 saturated carbocycles. The highest BCUT2D eigenvalue weighted by Gasteiger charge is 2.37. The lowest BCUT2D eigenvalue weighted by atomic mass is 10.1. The fraction of sp³-hybridized carbons (Fsp3) is 0.421. The highest BCUT2D eigenvalue weighted by molar-refractivity contribution is 6.33. The molecule has 162 valence electrons. The Kier molecular flexibility index (Phi) is 7.76. The van der Waals surface area contributed by atoms with Crippen molar-refractivity contribution in [1.82, 2.24) is 15.5 Å². The molecule has 1 aromatic rings. The van der Waals surface area contributed by atoms with Crippen molar-refractivity contribution in [2.45, 2.75) is 44.3 Å². The molecule has 1 fully saturated rings. The summed E-state index contributed by atoms with van der Waals surface area (Å²) in [6.07, 6.45) is 0.716. The molecule has 1 heterocycles. The van der Waals surface area contributed by atoms with Gasteiger partial charge >= 0.3 is 5.97 Å². The van der Waals surface area contributed by atoms with Gasteiger partial charge in [0, 0.05) is 12.1 Å². The maximum Gasteiger partial charge on any atom is 0.305 e. The van der Waals surface area contributed by atoms with E-state index in [1.807, 2.05) is 0 Å². The number of carbonyl (C=O) groups is 5. The van der Waals surface area contributed by atoms with E-state index in [-0.39, 0.29) is 10.6 Å². The van der Waals surface area contributed by atoms with E-state index in [9.17, 15) is 24.0 Å². The number of hydrogen-bond donors (Lipinski definition) is 4. The second kappa shape index (κ2) is 10.1. The number of carboxylic acids is 1. The number of carboxylic acid groups (broad SMARTS) is 1. The van der Waals surface area contributed by atoms with E-state index in [0.717, 1.165) is 0 Å². The summed E-state index contributed by atoms with van der Waals surface area (Å²) in [4.78, 5) is 60.7. The van der Waals surface area contributed by atoms with Gasteiger partial charge in [0.25, 0.3) is 5.91 Å². The molecule has 0 bridgehead atoms. The van der Waals surface area contributed by atoms with Gasteiger partial charge in [-0.3, -0.25) is 19.2 Å². The average Bonchev–Trinajstić information content (AvgIpc) is 3.18. The number of nitrogens with zero attached hydrogens (tertiary/aromatic N) is 1. The number of benzene rings is 1. The van der Waals surface area contributed by atoms with Crippen molar-refractivity contribution in [2.24, 2.45) is 0 Å². The van der Waals surface area contributed by atoms with Crippen molar-refractivity contribution in [3.63, 3.8) is 0 Å². The number of nitrogen functional groups attached to an aromatic ring is 1. The molecule has 1 unspecified atom stereocenters. The van der Waals surface area contributed by atoms with Gasteiger partial charge in [0.05, 0.1) is 23.2 Å². The van der Waals surface area contributed by atoms with Crippen molar-refractivity contribution < 1.29 is 29.1 Å². The molecule has 30 heavy (non-hydrogen) atoms. The van der Waals surface area contributed by atoms with Crippen LogP contribution in [0.3, 0.4) is 0 Å². The fourth-order valence-electron chi connectivity index (χ4n) is 3.16. The third-order valence-electron chi connectivity index (χ3n) is 4.71. The first-order valence-corrected chi connectivity index (χ1v) is 9.65. The van der Waals surface area contributed by atoms with Crippen LogP contribution in [0, 0.1) is 0 Å². The quantitative estimate of drug-likeness (QED) is 0.333. The van der Waals surface area contributed by atoms with E-state index in [2.05, 4.69) is 10.6 Å². The molecule has 1 aromatic carbocycles. The van der Waals surface area contributed by atoms with Crippen LogP contribution in [0.2, 0.25) is 5.02 Å². The number of amides is 3. The van der Waals surface area contributed by atoms with E-state index in [0.29, 0.717) is 31.4 Å². The Morgan fingerprint density at radius 2 is 2.03 bits per heavy atom. The molecular formula is C19H23ClN4O6. The molecule has 1 aliphatic rings. The van der Waals surface area contributed by atoms with Gasteiger partial charge < -0.3 is 31.2 Å². The summed E-state index contributed by atoms with van der Waals surface area (Å²) >= 11 is 5.91. The number of nitrogens with two attached hydrogens (primary N) is 1. The largest absolute Gasteiger partial charge is 0.481 e. The Labute approximate surface area is 177 Å². The maximum atomic E-state index is 12.8. The lowest BCUT2D eigenvalue weighted by molar-refractivity contribution is -0.141. The fourth-order valence-corrected chi connectivity index (χ4v) is 3.34. The van der Waals surface area contributed by atoms with Crippen LogP contribution in [-0.4, -0.2) is 64.7 Å². The zero-order valence-corrected chi connectivity index (χ0v) is 17.0. The first-order valence-electron chi connectivity index (χ1n) is 9.27. The Balaban J connectivity index is 2.02. The number of aldehydes is 1. The molecule has 0 aromatic heterocycles. The van der Waals surface area contributed by atoms with Crippen LogP contribution in [0.25, 0.3) is 0 Å². The van der Waals surface area contributed by atoms with Crippen LogP contribution in [-0.2, 0) is 19.2 Å². The Morgan fingerprint density at radius 3 is 2.63 bits per heavy atom.